The Morgan fingerprint density at radius 3 is 2.48 bits per heavy atom. The fourth-order valence-electron chi connectivity index (χ4n) is 2.45. The number of hydrogen-bond donors (Lipinski definition) is 2. The zero-order valence-corrected chi connectivity index (χ0v) is 17.5. The Balaban J connectivity index is 1.76. The summed E-state index contributed by atoms with van der Waals surface area (Å²) in [5, 5.41) is 7.39. The van der Waals surface area contributed by atoms with Gasteiger partial charge < -0.3 is 14.8 Å². The molecule has 2 rings (SSSR count). The van der Waals surface area contributed by atoms with Crippen molar-refractivity contribution in [1.29, 1.82) is 0 Å². The summed E-state index contributed by atoms with van der Waals surface area (Å²) in [6.07, 6.45) is 2.18. The van der Waals surface area contributed by atoms with Gasteiger partial charge in [0.25, 0.3) is 0 Å². The average molecular weight is 438 g/mol. The first kappa shape index (κ1) is 22.5. The Labute approximate surface area is 179 Å². The summed E-state index contributed by atoms with van der Waals surface area (Å²) in [7, 11) is 3.06. The maximum Gasteiger partial charge on any atom is 0.240 e. The number of nitrogens with one attached hydrogen (secondary N) is 2. The van der Waals surface area contributed by atoms with Crippen molar-refractivity contribution in [3.63, 3.8) is 0 Å². The van der Waals surface area contributed by atoms with Crippen LogP contribution in [0.4, 0.5) is 5.69 Å². The predicted molar refractivity (Wildman–Crippen MR) is 114 cm³/mol. The van der Waals surface area contributed by atoms with Gasteiger partial charge in [0.1, 0.15) is 0 Å². The third kappa shape index (κ3) is 6.96. The quantitative estimate of drug-likeness (QED) is 0.452. The lowest BCUT2D eigenvalue weighted by Gasteiger charge is -2.09. The summed E-state index contributed by atoms with van der Waals surface area (Å²) in [6, 6.07) is 10.2. The minimum Gasteiger partial charge on any atom is -0.493 e. The van der Waals surface area contributed by atoms with Crippen LogP contribution in [0.25, 0.3) is 0 Å². The summed E-state index contributed by atoms with van der Waals surface area (Å²) in [6.45, 7) is 0. The van der Waals surface area contributed by atoms with Crippen molar-refractivity contribution in [3.05, 3.63) is 52.0 Å². The average Bonchev–Trinajstić information content (AvgIpc) is 2.70. The number of hydrogen-bond acceptors (Lipinski definition) is 5. The molecule has 2 N–H and O–H groups in total. The summed E-state index contributed by atoms with van der Waals surface area (Å²) in [5.74, 6) is 0.564. The fraction of sp³-hybridized carbons (Fsp3) is 0.250. The molecular weight excluding hydrogens is 417 g/mol. The lowest BCUT2D eigenvalue weighted by molar-refractivity contribution is -0.121. The molecule has 0 saturated heterocycles. The Morgan fingerprint density at radius 2 is 1.79 bits per heavy atom. The number of carbonyl (C=O) groups excluding carboxylic acids is 2. The molecule has 0 fully saturated rings. The van der Waals surface area contributed by atoms with Crippen LogP contribution in [0.5, 0.6) is 11.5 Å². The highest BCUT2D eigenvalue weighted by molar-refractivity contribution is 6.42. The number of para-hydroxylation sites is 1. The number of rotatable bonds is 9. The smallest absolute Gasteiger partial charge is 0.240 e. The Kier molecular flexibility index (Phi) is 8.76. The third-order valence-corrected chi connectivity index (χ3v) is 4.58. The Hall–Kier alpha value is -2.77. The van der Waals surface area contributed by atoms with Gasteiger partial charge in [-0.1, -0.05) is 29.3 Å². The van der Waals surface area contributed by atoms with Gasteiger partial charge in [0, 0.05) is 24.1 Å². The highest BCUT2D eigenvalue weighted by Gasteiger charge is 2.09. The van der Waals surface area contributed by atoms with E-state index in [1.54, 1.807) is 36.4 Å². The number of amides is 2. The highest BCUT2D eigenvalue weighted by Crippen LogP contribution is 2.29. The van der Waals surface area contributed by atoms with Crippen molar-refractivity contribution in [3.8, 4) is 11.5 Å². The van der Waals surface area contributed by atoms with Crippen LogP contribution in [0.2, 0.25) is 10.0 Å². The molecule has 0 saturated carbocycles. The molecule has 7 nitrogen and oxygen atoms in total. The number of carbonyl (C=O) groups is 2. The molecule has 0 heterocycles. The van der Waals surface area contributed by atoms with E-state index in [4.69, 9.17) is 32.7 Å². The second-order valence-corrected chi connectivity index (χ2v) is 6.72. The normalized spacial score (nSPS) is 10.6. The molecule has 0 spiro atoms. The standard InChI is InChI=1S/C20H21Cl2N3O4/c1-28-17-6-3-5-13(20(17)29-2)12-23-25-19(27)8-4-7-18(26)24-14-9-10-15(21)16(22)11-14/h3,5-6,9-12H,4,7-8H2,1-2H3,(H,24,26)(H,25,27)/b23-12-. The van der Waals surface area contributed by atoms with Crippen molar-refractivity contribution in [2.75, 3.05) is 19.5 Å². The van der Waals surface area contributed by atoms with Crippen LogP contribution in [0.3, 0.4) is 0 Å². The molecule has 2 amide bonds. The van der Waals surface area contributed by atoms with Gasteiger partial charge in [0.05, 0.1) is 30.5 Å². The molecule has 29 heavy (non-hydrogen) atoms. The molecule has 0 aliphatic rings. The van der Waals surface area contributed by atoms with Crippen LogP contribution in [0.1, 0.15) is 24.8 Å². The monoisotopic (exact) mass is 437 g/mol. The van der Waals surface area contributed by atoms with E-state index in [1.165, 1.54) is 20.4 Å². The van der Waals surface area contributed by atoms with Gasteiger partial charge in [0.2, 0.25) is 11.8 Å². The van der Waals surface area contributed by atoms with Crippen LogP contribution in [0, 0.1) is 0 Å². The maximum atomic E-state index is 11.9. The Morgan fingerprint density at radius 1 is 1.03 bits per heavy atom. The Bertz CT molecular complexity index is 903. The molecule has 0 atom stereocenters. The van der Waals surface area contributed by atoms with Crippen LogP contribution in [0.15, 0.2) is 41.5 Å². The van der Waals surface area contributed by atoms with Gasteiger partial charge in [0.15, 0.2) is 11.5 Å². The van der Waals surface area contributed by atoms with E-state index in [2.05, 4.69) is 15.8 Å². The van der Waals surface area contributed by atoms with Crippen molar-refractivity contribution >= 4 is 46.9 Å². The van der Waals surface area contributed by atoms with Crippen LogP contribution >= 0.6 is 23.2 Å². The van der Waals surface area contributed by atoms with Gasteiger partial charge >= 0.3 is 0 Å². The number of anilines is 1. The molecule has 0 radical (unpaired) electrons. The van der Waals surface area contributed by atoms with E-state index in [1.807, 2.05) is 0 Å². The van der Waals surface area contributed by atoms with E-state index >= 15 is 0 Å². The largest absolute Gasteiger partial charge is 0.493 e. The summed E-state index contributed by atoms with van der Waals surface area (Å²) in [5.41, 5.74) is 3.63. The zero-order valence-electron chi connectivity index (χ0n) is 16.0. The molecule has 0 aliphatic heterocycles. The predicted octanol–water partition coefficient (Wildman–Crippen LogP) is 4.27. The van der Waals surface area contributed by atoms with Crippen LogP contribution < -0.4 is 20.2 Å². The highest BCUT2D eigenvalue weighted by atomic mass is 35.5. The molecule has 9 heteroatoms. The minimum atomic E-state index is -0.301. The molecule has 0 unspecified atom stereocenters. The number of halogens is 2. The van der Waals surface area contributed by atoms with Gasteiger partial charge in [-0.3, -0.25) is 9.59 Å². The number of ether oxygens (including phenoxy) is 2. The molecule has 2 aromatic rings. The van der Waals surface area contributed by atoms with Crippen LogP contribution in [-0.4, -0.2) is 32.2 Å². The second kappa shape index (κ2) is 11.3. The van der Waals surface area contributed by atoms with Gasteiger partial charge in [-0.2, -0.15) is 5.10 Å². The van der Waals surface area contributed by atoms with Crippen molar-refractivity contribution in [1.82, 2.24) is 5.43 Å². The van der Waals surface area contributed by atoms with Gasteiger partial charge in [-0.25, -0.2) is 5.43 Å². The zero-order chi connectivity index (χ0) is 21.2. The van der Waals surface area contributed by atoms with Crippen molar-refractivity contribution < 1.29 is 19.1 Å². The fourth-order valence-corrected chi connectivity index (χ4v) is 2.75. The molecular formula is C20H21Cl2N3O4. The van der Waals surface area contributed by atoms with Gasteiger partial charge in [-0.05, 0) is 36.8 Å². The second-order valence-electron chi connectivity index (χ2n) is 5.91. The van der Waals surface area contributed by atoms with E-state index in [-0.39, 0.29) is 24.7 Å². The first-order valence-corrected chi connectivity index (χ1v) is 9.48. The lowest BCUT2D eigenvalue weighted by atomic mass is 10.2. The number of methoxy groups -OCH3 is 2. The molecule has 154 valence electrons. The minimum absolute atomic E-state index is 0.154. The van der Waals surface area contributed by atoms with E-state index in [9.17, 15) is 9.59 Å². The topological polar surface area (TPSA) is 89.0 Å². The van der Waals surface area contributed by atoms with Gasteiger partial charge in [-0.15, -0.1) is 0 Å². The first-order valence-electron chi connectivity index (χ1n) is 8.72. The van der Waals surface area contributed by atoms with Crippen molar-refractivity contribution in [2.45, 2.75) is 19.3 Å². The SMILES string of the molecule is COc1cccc(/C=N\NC(=O)CCCC(=O)Nc2ccc(Cl)c(Cl)c2)c1OC. The molecule has 0 aromatic heterocycles. The number of hydrazone groups is 1. The van der Waals surface area contributed by atoms with E-state index in [0.29, 0.717) is 39.2 Å². The molecule has 0 bridgehead atoms. The van der Waals surface area contributed by atoms with E-state index < -0.39 is 0 Å². The summed E-state index contributed by atoms with van der Waals surface area (Å²) >= 11 is 11.7. The lowest BCUT2D eigenvalue weighted by Crippen LogP contribution is -2.18. The summed E-state index contributed by atoms with van der Waals surface area (Å²) < 4.78 is 10.5. The maximum absolute atomic E-state index is 11.9. The first-order chi connectivity index (χ1) is 13.9. The van der Waals surface area contributed by atoms with Crippen molar-refractivity contribution in [2.24, 2.45) is 5.10 Å². The third-order valence-electron chi connectivity index (χ3n) is 3.84. The van der Waals surface area contributed by atoms with E-state index in [0.717, 1.165) is 0 Å². The molecule has 2 aromatic carbocycles. The number of nitrogens with zero attached hydrogens (tertiary/aromatic N) is 1. The summed E-state index contributed by atoms with van der Waals surface area (Å²) in [4.78, 5) is 23.8. The molecule has 0 aliphatic carbocycles. The number of benzene rings is 2. The van der Waals surface area contributed by atoms with Crippen LogP contribution in [-0.2, 0) is 9.59 Å².